The number of hydrogen-bond acceptors (Lipinski definition) is 3. The van der Waals surface area contributed by atoms with Crippen LogP contribution in [-0.4, -0.2) is 28.0 Å². The molecule has 0 heterocycles. The molecule has 0 spiro atoms. The van der Waals surface area contributed by atoms with E-state index in [1.807, 2.05) is 0 Å². The molecule has 2 aromatic carbocycles. The van der Waals surface area contributed by atoms with Crippen molar-refractivity contribution in [3.05, 3.63) is 72.8 Å². The van der Waals surface area contributed by atoms with Gasteiger partial charge in [-0.2, -0.15) is 0 Å². The van der Waals surface area contributed by atoms with Gasteiger partial charge in [-0.1, -0.05) is 139 Å². The van der Waals surface area contributed by atoms with Crippen LogP contribution in [-0.2, 0) is 14.0 Å². The van der Waals surface area contributed by atoms with Gasteiger partial charge in [0.1, 0.15) is 0 Å². The zero-order chi connectivity index (χ0) is 28.2. The lowest BCUT2D eigenvalue weighted by Crippen LogP contribution is -2.66. The zero-order valence-corrected chi connectivity index (χ0v) is 26.3. The van der Waals surface area contributed by atoms with Crippen molar-refractivity contribution in [1.82, 2.24) is 0 Å². The molecule has 216 valence electrons. The normalized spacial score (nSPS) is 12.2. The molecule has 0 amide bonds. The molecule has 0 saturated carbocycles. The number of unbranched alkanes of at least 4 members (excludes halogenated alkanes) is 11. The van der Waals surface area contributed by atoms with Crippen LogP contribution in [0.2, 0.25) is 5.04 Å². The van der Waals surface area contributed by atoms with Crippen molar-refractivity contribution in [3.63, 3.8) is 0 Å². The lowest BCUT2D eigenvalue weighted by Gasteiger charge is -2.43. The van der Waals surface area contributed by atoms with E-state index in [1.165, 1.54) is 81.7 Å². The van der Waals surface area contributed by atoms with E-state index in [4.69, 9.17) is 4.43 Å². The molecule has 0 saturated heterocycles. The number of carbonyl (C=O) groups is 1. The Balaban J connectivity index is 1.60. The third-order valence-electron chi connectivity index (χ3n) is 7.65. The summed E-state index contributed by atoms with van der Waals surface area (Å²) in [6.45, 7) is 7.89. The number of allylic oxidation sites excluding steroid dienone is 2. The zero-order valence-electron chi connectivity index (χ0n) is 25.3. The predicted molar refractivity (Wildman–Crippen MR) is 169 cm³/mol. The molecular weight excluding hydrogens is 496 g/mol. The third kappa shape index (κ3) is 11.8. The minimum atomic E-state index is -2.39. The Kier molecular flexibility index (Phi) is 16.1. The summed E-state index contributed by atoms with van der Waals surface area (Å²) in [5, 5.41) is 2.79. The standard InChI is InChI=1S/C35H54O3Si/c1-35(2,3)39(32-26-20-18-21-27-32,33-28-22-19-23-29-33)38-31-25-17-15-13-11-9-7-5-6-8-10-12-14-16-24-30-34(36)37-4/h5-6,18-23,26-29H,7-17,24-25,30-31H2,1-4H3. The van der Waals surface area contributed by atoms with Gasteiger partial charge in [0.2, 0.25) is 0 Å². The van der Waals surface area contributed by atoms with E-state index in [0.29, 0.717) is 6.42 Å². The summed E-state index contributed by atoms with van der Waals surface area (Å²) in [5.74, 6) is -0.0849. The lowest BCUT2D eigenvalue weighted by molar-refractivity contribution is -0.140. The molecule has 0 N–H and O–H groups in total. The highest BCUT2D eigenvalue weighted by Gasteiger charge is 2.49. The highest BCUT2D eigenvalue weighted by molar-refractivity contribution is 6.99. The predicted octanol–water partition coefficient (Wildman–Crippen LogP) is 8.75. The molecule has 2 rings (SSSR count). The van der Waals surface area contributed by atoms with E-state index < -0.39 is 8.32 Å². The number of esters is 1. The van der Waals surface area contributed by atoms with Gasteiger partial charge in [0.15, 0.2) is 0 Å². The molecule has 3 nitrogen and oxygen atoms in total. The van der Waals surface area contributed by atoms with E-state index in [0.717, 1.165) is 25.9 Å². The van der Waals surface area contributed by atoms with Crippen LogP contribution >= 0.6 is 0 Å². The highest BCUT2D eigenvalue weighted by Crippen LogP contribution is 2.36. The van der Waals surface area contributed by atoms with Gasteiger partial charge in [0.05, 0.1) is 7.11 Å². The SMILES string of the molecule is COC(=O)CCCCCCCC=CCCCCCCCCO[Si](c1ccccc1)(c1ccccc1)C(C)(C)C. The minimum Gasteiger partial charge on any atom is -0.469 e. The third-order valence-corrected chi connectivity index (χ3v) is 12.7. The average molecular weight is 551 g/mol. The van der Waals surface area contributed by atoms with E-state index in [-0.39, 0.29) is 11.0 Å². The molecule has 0 radical (unpaired) electrons. The smallest absolute Gasteiger partial charge is 0.305 e. The Morgan fingerprint density at radius 1 is 0.667 bits per heavy atom. The van der Waals surface area contributed by atoms with Crippen molar-refractivity contribution in [2.75, 3.05) is 13.7 Å². The minimum absolute atomic E-state index is 0.0505. The number of carbonyl (C=O) groups excluding carboxylic acids is 1. The maximum Gasteiger partial charge on any atom is 0.305 e. The van der Waals surface area contributed by atoms with Crippen molar-refractivity contribution >= 4 is 24.7 Å². The van der Waals surface area contributed by atoms with Gasteiger partial charge in [-0.3, -0.25) is 4.79 Å². The van der Waals surface area contributed by atoms with Gasteiger partial charge < -0.3 is 9.16 Å². The summed E-state index contributed by atoms with van der Waals surface area (Å²) >= 11 is 0. The van der Waals surface area contributed by atoms with E-state index in [1.54, 1.807) is 0 Å². The molecule has 0 unspecified atom stereocenters. The van der Waals surface area contributed by atoms with E-state index in [9.17, 15) is 4.79 Å². The molecule has 0 bridgehead atoms. The molecule has 0 aromatic heterocycles. The van der Waals surface area contributed by atoms with E-state index >= 15 is 0 Å². The van der Waals surface area contributed by atoms with Crippen LogP contribution in [0, 0.1) is 0 Å². The van der Waals surface area contributed by atoms with Crippen molar-refractivity contribution in [1.29, 1.82) is 0 Å². The molecule has 39 heavy (non-hydrogen) atoms. The van der Waals surface area contributed by atoms with Crippen LogP contribution in [0.3, 0.4) is 0 Å². The van der Waals surface area contributed by atoms with Crippen LogP contribution in [0.1, 0.15) is 111 Å². The number of benzene rings is 2. The number of ether oxygens (including phenoxy) is 1. The van der Waals surface area contributed by atoms with Gasteiger partial charge in [0, 0.05) is 13.0 Å². The Labute approximate surface area is 240 Å². The number of rotatable bonds is 20. The van der Waals surface area contributed by atoms with Gasteiger partial charge in [-0.05, 0) is 53.9 Å². The second kappa shape index (κ2) is 19.0. The second-order valence-electron chi connectivity index (χ2n) is 11.8. The highest BCUT2D eigenvalue weighted by atomic mass is 28.4. The molecule has 0 aliphatic rings. The second-order valence-corrected chi connectivity index (χ2v) is 16.1. The molecular formula is C35H54O3Si. The maximum absolute atomic E-state index is 11.1. The van der Waals surface area contributed by atoms with Gasteiger partial charge >= 0.3 is 5.97 Å². The van der Waals surface area contributed by atoms with Gasteiger partial charge in [-0.15, -0.1) is 0 Å². The first-order chi connectivity index (χ1) is 18.9. The quantitative estimate of drug-likeness (QED) is 0.0715. The Hall–Kier alpha value is -2.17. The summed E-state index contributed by atoms with van der Waals surface area (Å²) in [4.78, 5) is 11.1. The summed E-state index contributed by atoms with van der Waals surface area (Å²) in [6.07, 6.45) is 21.1. The van der Waals surface area contributed by atoms with Crippen molar-refractivity contribution in [2.24, 2.45) is 0 Å². The molecule has 2 aromatic rings. The van der Waals surface area contributed by atoms with Crippen LogP contribution in [0.15, 0.2) is 72.8 Å². The first-order valence-corrected chi connectivity index (χ1v) is 17.3. The molecule has 0 fully saturated rings. The first-order valence-electron chi connectivity index (χ1n) is 15.4. The molecule has 0 aliphatic carbocycles. The Morgan fingerprint density at radius 2 is 1.10 bits per heavy atom. The number of methoxy groups -OCH3 is 1. The van der Waals surface area contributed by atoms with Crippen LogP contribution in [0.4, 0.5) is 0 Å². The van der Waals surface area contributed by atoms with Gasteiger partial charge in [0.25, 0.3) is 8.32 Å². The summed E-state index contributed by atoms with van der Waals surface area (Å²) < 4.78 is 11.7. The fourth-order valence-electron chi connectivity index (χ4n) is 5.46. The summed E-state index contributed by atoms with van der Waals surface area (Å²) in [5.41, 5.74) is 0. The number of hydrogen-bond donors (Lipinski definition) is 0. The monoisotopic (exact) mass is 550 g/mol. The van der Waals surface area contributed by atoms with Crippen molar-refractivity contribution in [2.45, 2.75) is 116 Å². The van der Waals surface area contributed by atoms with E-state index in [2.05, 4.69) is 98.3 Å². The topological polar surface area (TPSA) is 35.5 Å². The molecule has 0 atom stereocenters. The first kappa shape index (κ1) is 33.0. The van der Waals surface area contributed by atoms with Crippen LogP contribution in [0.5, 0.6) is 0 Å². The van der Waals surface area contributed by atoms with Crippen LogP contribution in [0.25, 0.3) is 0 Å². The summed E-state index contributed by atoms with van der Waals surface area (Å²) in [6, 6.07) is 21.9. The van der Waals surface area contributed by atoms with Crippen molar-refractivity contribution in [3.8, 4) is 0 Å². The largest absolute Gasteiger partial charge is 0.469 e. The lowest BCUT2D eigenvalue weighted by atomic mass is 10.1. The van der Waals surface area contributed by atoms with Gasteiger partial charge in [-0.25, -0.2) is 0 Å². The Morgan fingerprint density at radius 3 is 1.56 bits per heavy atom. The fourth-order valence-corrected chi connectivity index (χ4v) is 10.1. The summed E-state index contributed by atoms with van der Waals surface area (Å²) in [7, 11) is -0.927. The Bertz CT molecular complexity index is 878. The maximum atomic E-state index is 11.1. The average Bonchev–Trinajstić information content (AvgIpc) is 2.94. The molecule has 4 heteroatoms. The molecule has 0 aliphatic heterocycles. The fraction of sp³-hybridized carbons (Fsp3) is 0.571. The van der Waals surface area contributed by atoms with Crippen molar-refractivity contribution < 1.29 is 14.0 Å². The van der Waals surface area contributed by atoms with Crippen LogP contribution < -0.4 is 10.4 Å².